The molecule has 4 heterocycles. The molecule has 1 aromatic heterocycles. The van der Waals surface area contributed by atoms with Crippen molar-refractivity contribution in [3.8, 4) is 6.01 Å². The Kier molecular flexibility index (Phi) is 8.93. The van der Waals surface area contributed by atoms with Crippen LogP contribution in [0.3, 0.4) is 0 Å². The minimum atomic E-state index is -0.152. The highest BCUT2D eigenvalue weighted by molar-refractivity contribution is 5.87. The van der Waals surface area contributed by atoms with Gasteiger partial charge < -0.3 is 24.2 Å². The molecule has 1 aromatic carbocycles. The third-order valence-electron chi connectivity index (χ3n) is 7.82. The van der Waals surface area contributed by atoms with Crippen LogP contribution < -0.4 is 14.5 Å². The van der Waals surface area contributed by atoms with E-state index in [1.807, 2.05) is 30.0 Å². The maximum atomic E-state index is 15.2. The van der Waals surface area contributed by atoms with E-state index in [4.69, 9.17) is 19.4 Å². The molecule has 2 aromatic rings. The van der Waals surface area contributed by atoms with E-state index in [9.17, 15) is 4.79 Å². The summed E-state index contributed by atoms with van der Waals surface area (Å²) in [6.07, 6.45) is 3.61. The van der Waals surface area contributed by atoms with Crippen molar-refractivity contribution < 1.29 is 18.7 Å². The van der Waals surface area contributed by atoms with Gasteiger partial charge >= 0.3 is 6.01 Å². The third kappa shape index (κ3) is 6.33. The number of halogens is 1. The smallest absolute Gasteiger partial charge is 0.318 e. The Bertz CT molecular complexity index is 1160. The summed E-state index contributed by atoms with van der Waals surface area (Å²) in [5.41, 5.74) is 3.30. The number of piperazine rings is 1. The molecule has 3 aliphatic rings. The summed E-state index contributed by atoms with van der Waals surface area (Å²) in [5.74, 6) is 0.673. The second-order valence-corrected chi connectivity index (χ2v) is 10.2. The number of fused-ring (bicyclic) bond motifs is 1. The molecule has 0 atom stereocenters. The number of amides is 1. The van der Waals surface area contributed by atoms with Gasteiger partial charge in [-0.2, -0.15) is 9.97 Å². The van der Waals surface area contributed by atoms with Gasteiger partial charge in [0.2, 0.25) is 5.91 Å². The Balaban J connectivity index is 1.34. The molecule has 0 spiro atoms. The van der Waals surface area contributed by atoms with E-state index in [1.54, 1.807) is 0 Å². The van der Waals surface area contributed by atoms with E-state index in [0.29, 0.717) is 70.4 Å². The van der Waals surface area contributed by atoms with Gasteiger partial charge in [0, 0.05) is 57.9 Å². The average Bonchev–Trinajstić information content (AvgIpc) is 2.99. The van der Waals surface area contributed by atoms with Gasteiger partial charge in [-0.3, -0.25) is 9.69 Å². The van der Waals surface area contributed by atoms with Crippen LogP contribution in [0, 0.1) is 5.82 Å². The van der Waals surface area contributed by atoms with Crippen LogP contribution in [0.15, 0.2) is 30.9 Å². The van der Waals surface area contributed by atoms with Crippen molar-refractivity contribution in [2.45, 2.75) is 32.7 Å². The average molecular weight is 539 g/mol. The van der Waals surface area contributed by atoms with Crippen molar-refractivity contribution in [3.05, 3.63) is 53.5 Å². The van der Waals surface area contributed by atoms with Crippen LogP contribution in [0.2, 0.25) is 0 Å². The number of anilines is 2. The number of carbonyl (C=O) groups excluding carboxylic acids is 1. The minimum absolute atomic E-state index is 0.0457. The van der Waals surface area contributed by atoms with E-state index in [2.05, 4.69) is 21.3 Å². The van der Waals surface area contributed by atoms with Crippen LogP contribution in [0.5, 0.6) is 6.01 Å². The third-order valence-corrected chi connectivity index (χ3v) is 7.82. The van der Waals surface area contributed by atoms with Gasteiger partial charge in [0.15, 0.2) is 0 Å². The fourth-order valence-electron chi connectivity index (χ4n) is 5.55. The first-order chi connectivity index (χ1) is 19.1. The number of benzene rings is 1. The molecule has 1 amide bonds. The van der Waals surface area contributed by atoms with Crippen molar-refractivity contribution in [2.24, 2.45) is 0 Å². The predicted octanol–water partition coefficient (Wildman–Crippen LogP) is 2.68. The molecule has 210 valence electrons. The molecule has 39 heavy (non-hydrogen) atoms. The maximum absolute atomic E-state index is 15.2. The van der Waals surface area contributed by atoms with Gasteiger partial charge in [-0.1, -0.05) is 25.6 Å². The van der Waals surface area contributed by atoms with Crippen molar-refractivity contribution in [1.29, 1.82) is 0 Å². The van der Waals surface area contributed by atoms with Gasteiger partial charge in [0.25, 0.3) is 0 Å². The molecule has 0 radical (unpaired) electrons. The summed E-state index contributed by atoms with van der Waals surface area (Å²) in [4.78, 5) is 30.3. The lowest BCUT2D eigenvalue weighted by molar-refractivity contribution is -0.126. The molecule has 10 heteroatoms. The Labute approximate surface area is 230 Å². The zero-order valence-corrected chi connectivity index (χ0v) is 22.9. The van der Waals surface area contributed by atoms with E-state index < -0.39 is 0 Å². The molecule has 5 rings (SSSR count). The molecule has 0 saturated carbocycles. The van der Waals surface area contributed by atoms with Gasteiger partial charge in [-0.25, -0.2) is 4.39 Å². The molecule has 0 unspecified atom stereocenters. The van der Waals surface area contributed by atoms with E-state index >= 15 is 4.39 Å². The SMILES string of the molecule is C=CC(=O)N1CCN(c2nc(OCCCN3CCOCC3)nc3c2CCN(c2cccc(CC)c2F)C3)CC1. The molecule has 3 aliphatic heterocycles. The lowest BCUT2D eigenvalue weighted by atomic mass is 10.0. The fraction of sp³-hybridized carbons (Fsp3) is 0.552. The van der Waals surface area contributed by atoms with Gasteiger partial charge in [0.1, 0.15) is 11.6 Å². The highest BCUT2D eigenvalue weighted by Crippen LogP contribution is 2.33. The molecule has 2 saturated heterocycles. The van der Waals surface area contributed by atoms with Crippen LogP contribution >= 0.6 is 0 Å². The molecule has 2 fully saturated rings. The van der Waals surface area contributed by atoms with Crippen molar-refractivity contribution in [1.82, 2.24) is 19.8 Å². The van der Waals surface area contributed by atoms with Crippen molar-refractivity contribution in [2.75, 3.05) is 82.0 Å². The quantitative estimate of drug-likeness (QED) is 0.357. The minimum Gasteiger partial charge on any atom is -0.463 e. The van der Waals surface area contributed by atoms with E-state index in [1.165, 1.54) is 6.08 Å². The number of hydrogen-bond donors (Lipinski definition) is 0. The molecule has 0 N–H and O–H groups in total. The number of hydrogen-bond acceptors (Lipinski definition) is 8. The highest BCUT2D eigenvalue weighted by Gasteiger charge is 2.29. The zero-order chi connectivity index (χ0) is 27.2. The molecular weight excluding hydrogens is 499 g/mol. The standard InChI is InChI=1S/C29H39FN6O3/c1-3-22-7-5-8-25(27(22)30)36-11-9-23-24(21-36)31-29(39-18-6-10-33-16-19-38-20-17-33)32-28(23)35-14-12-34(13-15-35)26(37)4-2/h4-5,7-8H,2-3,6,9-21H2,1H3. The second kappa shape index (κ2) is 12.7. The lowest BCUT2D eigenvalue weighted by Gasteiger charge is -2.38. The number of aryl methyl sites for hydroxylation is 1. The number of rotatable bonds is 9. The topological polar surface area (TPSA) is 74.3 Å². The Morgan fingerprint density at radius 3 is 2.64 bits per heavy atom. The molecule has 0 bridgehead atoms. The van der Waals surface area contributed by atoms with Crippen molar-refractivity contribution in [3.63, 3.8) is 0 Å². The van der Waals surface area contributed by atoms with Crippen LogP contribution in [0.4, 0.5) is 15.9 Å². The molecule has 9 nitrogen and oxygen atoms in total. The van der Waals surface area contributed by atoms with Crippen LogP contribution in [-0.2, 0) is 28.9 Å². The number of carbonyl (C=O) groups is 1. The highest BCUT2D eigenvalue weighted by atomic mass is 19.1. The summed E-state index contributed by atoms with van der Waals surface area (Å²) in [6.45, 7) is 14.3. The monoisotopic (exact) mass is 538 g/mol. The second-order valence-electron chi connectivity index (χ2n) is 10.2. The Hall–Kier alpha value is -3.24. The summed E-state index contributed by atoms with van der Waals surface area (Å²) in [5, 5.41) is 0. The Morgan fingerprint density at radius 2 is 1.90 bits per heavy atom. The number of ether oxygens (including phenoxy) is 2. The summed E-state index contributed by atoms with van der Waals surface area (Å²) in [7, 11) is 0. The Morgan fingerprint density at radius 1 is 1.10 bits per heavy atom. The van der Waals surface area contributed by atoms with Crippen LogP contribution in [-0.4, -0.2) is 97.9 Å². The summed E-state index contributed by atoms with van der Waals surface area (Å²) >= 11 is 0. The van der Waals surface area contributed by atoms with Gasteiger partial charge in [-0.05, 0) is 37.0 Å². The first-order valence-corrected chi connectivity index (χ1v) is 14.1. The number of morpholine rings is 1. The van der Waals surface area contributed by atoms with Crippen LogP contribution in [0.1, 0.15) is 30.2 Å². The van der Waals surface area contributed by atoms with E-state index in [-0.39, 0.29) is 11.7 Å². The van der Waals surface area contributed by atoms with Gasteiger partial charge in [0.05, 0.1) is 37.7 Å². The lowest BCUT2D eigenvalue weighted by Crippen LogP contribution is -2.49. The molecular formula is C29H39FN6O3. The largest absolute Gasteiger partial charge is 0.463 e. The maximum Gasteiger partial charge on any atom is 0.318 e. The zero-order valence-electron chi connectivity index (χ0n) is 22.9. The summed E-state index contributed by atoms with van der Waals surface area (Å²) in [6, 6.07) is 5.97. The first kappa shape index (κ1) is 27.3. The van der Waals surface area contributed by atoms with Crippen LogP contribution in [0.25, 0.3) is 0 Å². The fourth-order valence-corrected chi connectivity index (χ4v) is 5.55. The summed E-state index contributed by atoms with van der Waals surface area (Å²) < 4.78 is 26.7. The number of nitrogens with zero attached hydrogens (tertiary/aromatic N) is 6. The van der Waals surface area contributed by atoms with Crippen molar-refractivity contribution >= 4 is 17.4 Å². The first-order valence-electron chi connectivity index (χ1n) is 14.1. The predicted molar refractivity (Wildman–Crippen MR) is 149 cm³/mol. The molecule has 0 aliphatic carbocycles. The number of aromatic nitrogens is 2. The van der Waals surface area contributed by atoms with E-state index in [0.717, 1.165) is 61.9 Å². The normalized spacial score (nSPS) is 18.2. The van der Waals surface area contributed by atoms with Gasteiger partial charge in [-0.15, -0.1) is 0 Å².